The van der Waals surface area contributed by atoms with Gasteiger partial charge in [0.05, 0.1) is 5.00 Å². The molecule has 1 saturated carbocycles. The highest BCUT2D eigenvalue weighted by atomic mass is 32.2. The van der Waals surface area contributed by atoms with Gasteiger partial charge in [0.2, 0.25) is 0 Å². The fourth-order valence-corrected chi connectivity index (χ4v) is 6.11. The first-order valence-electron chi connectivity index (χ1n) is 8.97. The van der Waals surface area contributed by atoms with Crippen LogP contribution in [-0.2, 0) is 14.8 Å². The molecule has 1 heterocycles. The van der Waals surface area contributed by atoms with Gasteiger partial charge in [0, 0.05) is 13.6 Å². The predicted molar refractivity (Wildman–Crippen MR) is 105 cm³/mol. The second-order valence-electron chi connectivity index (χ2n) is 8.18. The van der Waals surface area contributed by atoms with E-state index in [0.29, 0.717) is 28.9 Å². The Morgan fingerprint density at radius 1 is 1.42 bits per heavy atom. The van der Waals surface area contributed by atoms with Crippen LogP contribution in [0.2, 0.25) is 0 Å². The Labute approximate surface area is 161 Å². The molecule has 6 nitrogen and oxygen atoms in total. The van der Waals surface area contributed by atoms with Crippen LogP contribution in [0.3, 0.4) is 0 Å². The Bertz CT molecular complexity index is 749. The fourth-order valence-electron chi connectivity index (χ4n) is 3.09. The number of carbonyl (C=O) groups is 1. The van der Waals surface area contributed by atoms with Crippen molar-refractivity contribution in [3.8, 4) is 0 Å². The molecule has 148 valence electrons. The second kappa shape index (κ2) is 7.86. The van der Waals surface area contributed by atoms with Crippen LogP contribution in [0.15, 0.2) is 10.3 Å². The topological polar surface area (TPSA) is 75.7 Å². The molecular formula is C18H30N2O4S2. The van der Waals surface area contributed by atoms with Gasteiger partial charge in [-0.3, -0.25) is 5.32 Å². The standard InChI is InChI=1S/C18H30N2O4S2/c1-12(2)10-18(4,5)24-17(21)19-15-9-13(3)16(25-15)26(22,23)20(6)11-14-7-8-14/h9,12,14H,7-8,10-11H2,1-6H3,(H,19,21). The van der Waals surface area contributed by atoms with E-state index in [-0.39, 0.29) is 4.21 Å². The van der Waals surface area contributed by atoms with Gasteiger partial charge in [0.1, 0.15) is 9.81 Å². The summed E-state index contributed by atoms with van der Waals surface area (Å²) >= 11 is 1.07. The number of nitrogens with zero attached hydrogens (tertiary/aromatic N) is 1. The van der Waals surface area contributed by atoms with E-state index in [1.807, 2.05) is 13.8 Å². The Morgan fingerprint density at radius 3 is 2.58 bits per heavy atom. The number of thiophene rings is 1. The number of anilines is 1. The average Bonchev–Trinajstić information content (AvgIpc) is 3.18. The lowest BCUT2D eigenvalue weighted by molar-refractivity contribution is 0.0332. The molecule has 1 aliphatic carbocycles. The van der Waals surface area contributed by atoms with Crippen LogP contribution in [0.5, 0.6) is 0 Å². The minimum absolute atomic E-state index is 0.275. The van der Waals surface area contributed by atoms with Gasteiger partial charge < -0.3 is 4.74 Å². The van der Waals surface area contributed by atoms with E-state index in [9.17, 15) is 13.2 Å². The molecule has 8 heteroatoms. The number of carbonyl (C=O) groups excluding carboxylic acids is 1. The maximum atomic E-state index is 12.8. The molecule has 0 saturated heterocycles. The monoisotopic (exact) mass is 402 g/mol. The highest BCUT2D eigenvalue weighted by Crippen LogP contribution is 2.35. The molecule has 1 aromatic rings. The first kappa shape index (κ1) is 21.2. The Morgan fingerprint density at radius 2 is 2.04 bits per heavy atom. The van der Waals surface area contributed by atoms with Gasteiger partial charge in [0.25, 0.3) is 10.0 Å². The maximum absolute atomic E-state index is 12.8. The van der Waals surface area contributed by atoms with Crippen LogP contribution in [0.4, 0.5) is 9.80 Å². The molecule has 1 aromatic heterocycles. The largest absolute Gasteiger partial charge is 0.443 e. The summed E-state index contributed by atoms with van der Waals surface area (Å²) in [5, 5.41) is 3.15. The summed E-state index contributed by atoms with van der Waals surface area (Å²) < 4.78 is 32.7. The number of amides is 1. The van der Waals surface area contributed by atoms with Crippen molar-refractivity contribution in [2.75, 3.05) is 18.9 Å². The maximum Gasteiger partial charge on any atom is 0.412 e. The third-order valence-corrected chi connectivity index (χ3v) is 7.81. The molecule has 2 rings (SSSR count). The highest BCUT2D eigenvalue weighted by molar-refractivity contribution is 7.91. The van der Waals surface area contributed by atoms with Crippen LogP contribution in [0.25, 0.3) is 0 Å². The Kier molecular flexibility index (Phi) is 6.40. The van der Waals surface area contributed by atoms with E-state index in [2.05, 4.69) is 19.2 Å². The lowest BCUT2D eigenvalue weighted by Crippen LogP contribution is -2.31. The van der Waals surface area contributed by atoms with E-state index >= 15 is 0 Å². The number of hydrogen-bond acceptors (Lipinski definition) is 5. The van der Waals surface area contributed by atoms with Crippen LogP contribution < -0.4 is 5.32 Å². The summed E-state index contributed by atoms with van der Waals surface area (Å²) in [7, 11) is -1.92. The predicted octanol–water partition coefficient (Wildman–Crippen LogP) is 4.46. The van der Waals surface area contributed by atoms with Crippen molar-refractivity contribution in [3.63, 3.8) is 0 Å². The van der Waals surface area contributed by atoms with Gasteiger partial charge in [-0.25, -0.2) is 13.2 Å². The quantitative estimate of drug-likeness (QED) is 0.696. The van der Waals surface area contributed by atoms with Gasteiger partial charge in [-0.1, -0.05) is 13.8 Å². The zero-order valence-electron chi connectivity index (χ0n) is 16.5. The molecule has 0 spiro atoms. The van der Waals surface area contributed by atoms with Gasteiger partial charge in [-0.15, -0.1) is 11.3 Å². The number of nitrogens with one attached hydrogen (secondary N) is 1. The van der Waals surface area contributed by atoms with Gasteiger partial charge in [0.15, 0.2) is 0 Å². The number of sulfonamides is 1. The molecule has 0 atom stereocenters. The highest BCUT2D eigenvalue weighted by Gasteiger charge is 2.31. The summed E-state index contributed by atoms with van der Waals surface area (Å²) in [6.07, 6.45) is 2.37. The van der Waals surface area contributed by atoms with Crippen LogP contribution in [0.1, 0.15) is 52.5 Å². The summed E-state index contributed by atoms with van der Waals surface area (Å²) in [5.41, 5.74) is 0.0543. The van der Waals surface area contributed by atoms with Crippen molar-refractivity contribution in [3.05, 3.63) is 11.6 Å². The third-order valence-electron chi connectivity index (χ3n) is 4.22. The van der Waals surface area contributed by atoms with E-state index in [0.717, 1.165) is 30.6 Å². The number of hydrogen-bond donors (Lipinski definition) is 1. The smallest absolute Gasteiger partial charge is 0.412 e. The van der Waals surface area contributed by atoms with Crippen molar-refractivity contribution in [2.24, 2.45) is 11.8 Å². The SMILES string of the molecule is Cc1cc(NC(=O)OC(C)(C)CC(C)C)sc1S(=O)(=O)N(C)CC1CC1. The first-order chi connectivity index (χ1) is 11.9. The number of rotatable bonds is 8. The summed E-state index contributed by atoms with van der Waals surface area (Å²) in [5.74, 6) is 0.881. The average molecular weight is 403 g/mol. The summed E-state index contributed by atoms with van der Waals surface area (Å²) in [4.78, 5) is 12.2. The zero-order chi connectivity index (χ0) is 19.7. The molecule has 0 radical (unpaired) electrons. The molecule has 1 fully saturated rings. The van der Waals surface area contributed by atoms with Gasteiger partial charge in [-0.2, -0.15) is 4.31 Å². The molecule has 1 N–H and O–H groups in total. The van der Waals surface area contributed by atoms with E-state index in [1.165, 1.54) is 4.31 Å². The fraction of sp³-hybridized carbons (Fsp3) is 0.722. The molecule has 1 amide bonds. The lowest BCUT2D eigenvalue weighted by Gasteiger charge is -2.26. The molecule has 0 unspecified atom stereocenters. The summed E-state index contributed by atoms with van der Waals surface area (Å²) in [6.45, 7) is 10.2. The van der Waals surface area contributed by atoms with Crippen LogP contribution in [0, 0.1) is 18.8 Å². The van der Waals surface area contributed by atoms with E-state index in [4.69, 9.17) is 4.74 Å². The number of ether oxygens (including phenoxy) is 1. The van der Waals surface area contributed by atoms with Gasteiger partial charge in [-0.05, 0) is 63.5 Å². The Hall–Kier alpha value is -1.12. The number of aryl methyl sites for hydroxylation is 1. The zero-order valence-corrected chi connectivity index (χ0v) is 18.1. The van der Waals surface area contributed by atoms with Crippen molar-refractivity contribution < 1.29 is 17.9 Å². The van der Waals surface area contributed by atoms with Crippen molar-refractivity contribution in [1.29, 1.82) is 0 Å². The molecule has 26 heavy (non-hydrogen) atoms. The summed E-state index contributed by atoms with van der Waals surface area (Å²) in [6, 6.07) is 1.68. The molecule has 0 bridgehead atoms. The second-order valence-corrected chi connectivity index (χ2v) is 11.5. The van der Waals surface area contributed by atoms with Crippen LogP contribution >= 0.6 is 11.3 Å². The minimum atomic E-state index is -3.53. The van der Waals surface area contributed by atoms with Gasteiger partial charge >= 0.3 is 6.09 Å². The van der Waals surface area contributed by atoms with Crippen molar-refractivity contribution in [1.82, 2.24) is 4.31 Å². The molecule has 1 aliphatic rings. The van der Waals surface area contributed by atoms with E-state index < -0.39 is 21.7 Å². The molecular weight excluding hydrogens is 372 g/mol. The van der Waals surface area contributed by atoms with E-state index in [1.54, 1.807) is 20.0 Å². The van der Waals surface area contributed by atoms with Crippen LogP contribution in [-0.4, -0.2) is 38.0 Å². The third kappa shape index (κ3) is 5.69. The Balaban J connectivity index is 2.06. The van der Waals surface area contributed by atoms with Crippen molar-refractivity contribution in [2.45, 2.75) is 63.7 Å². The van der Waals surface area contributed by atoms with Crippen molar-refractivity contribution >= 4 is 32.5 Å². The lowest BCUT2D eigenvalue weighted by atomic mass is 9.96. The molecule has 0 aliphatic heterocycles. The molecule has 0 aromatic carbocycles. The normalized spacial score (nSPS) is 15.5. The minimum Gasteiger partial charge on any atom is -0.443 e. The first-order valence-corrected chi connectivity index (χ1v) is 11.2.